The average Bonchev–Trinajstić information content (AvgIpc) is 3.50. The molecule has 0 radical (unpaired) electrons. The summed E-state index contributed by atoms with van der Waals surface area (Å²) < 4.78 is 9.38. The molecule has 3 heterocycles. The van der Waals surface area contributed by atoms with E-state index in [0.717, 1.165) is 27.9 Å². The van der Waals surface area contributed by atoms with Gasteiger partial charge in [-0.2, -0.15) is 9.78 Å². The van der Waals surface area contributed by atoms with E-state index in [1.165, 1.54) is 4.68 Å². The molecule has 6 rings (SSSR count). The van der Waals surface area contributed by atoms with E-state index in [-0.39, 0.29) is 5.56 Å². The minimum Gasteiger partial charge on any atom is -0.453 e. The van der Waals surface area contributed by atoms with Crippen molar-refractivity contribution in [3.05, 3.63) is 119 Å². The summed E-state index contributed by atoms with van der Waals surface area (Å²) in [6.45, 7) is 2.06. The first kappa shape index (κ1) is 19.9. The molecule has 0 aliphatic rings. The maximum atomic E-state index is 13.5. The van der Waals surface area contributed by atoms with Crippen LogP contribution in [0.5, 0.6) is 0 Å². The highest BCUT2D eigenvalue weighted by molar-refractivity contribution is 5.84. The standard InChI is InChI=1S/C28H20N4O2/c1-19-8-6-10-21(16-19)31-15-7-11-22(31)18-29-32-27(26-17-20-9-2-5-14-25(20)34-26)30-24-13-4-3-12-23(24)28(32)33/h2-18H,1H3. The normalized spacial score (nSPS) is 11.7. The summed E-state index contributed by atoms with van der Waals surface area (Å²) in [4.78, 5) is 18.2. The Morgan fingerprint density at radius 2 is 1.76 bits per heavy atom. The lowest BCUT2D eigenvalue weighted by Gasteiger charge is -2.09. The molecule has 0 aliphatic carbocycles. The van der Waals surface area contributed by atoms with Gasteiger partial charge in [0.05, 0.1) is 22.8 Å². The second kappa shape index (κ2) is 8.01. The number of fused-ring (bicyclic) bond motifs is 2. The van der Waals surface area contributed by atoms with Gasteiger partial charge in [-0.1, -0.05) is 42.5 Å². The number of para-hydroxylation sites is 2. The van der Waals surface area contributed by atoms with E-state index in [1.54, 1.807) is 12.3 Å². The number of benzene rings is 3. The highest BCUT2D eigenvalue weighted by Crippen LogP contribution is 2.27. The predicted molar refractivity (Wildman–Crippen MR) is 135 cm³/mol. The summed E-state index contributed by atoms with van der Waals surface area (Å²) in [5.41, 5.74) is 4.08. The van der Waals surface area contributed by atoms with Gasteiger partial charge in [0, 0.05) is 17.3 Å². The Labute approximate surface area is 195 Å². The van der Waals surface area contributed by atoms with E-state index in [9.17, 15) is 4.79 Å². The zero-order valence-corrected chi connectivity index (χ0v) is 18.4. The third kappa shape index (κ3) is 3.42. The quantitative estimate of drug-likeness (QED) is 0.323. The molecular weight excluding hydrogens is 424 g/mol. The Morgan fingerprint density at radius 3 is 2.65 bits per heavy atom. The molecule has 6 nitrogen and oxygen atoms in total. The number of hydrogen-bond acceptors (Lipinski definition) is 4. The number of furan rings is 1. The Balaban J connectivity index is 1.53. The van der Waals surface area contributed by atoms with Gasteiger partial charge in [0.1, 0.15) is 5.58 Å². The average molecular weight is 444 g/mol. The summed E-state index contributed by atoms with van der Waals surface area (Å²) in [5, 5.41) is 6.02. The fourth-order valence-electron chi connectivity index (χ4n) is 4.11. The second-order valence-electron chi connectivity index (χ2n) is 8.10. The van der Waals surface area contributed by atoms with Crippen molar-refractivity contribution < 1.29 is 4.42 Å². The van der Waals surface area contributed by atoms with Gasteiger partial charge >= 0.3 is 0 Å². The summed E-state index contributed by atoms with van der Waals surface area (Å²) in [5.74, 6) is 0.833. The SMILES string of the molecule is Cc1cccc(-n2cccc2C=Nn2c(-c3cc4ccccc4o3)nc3ccccc3c2=O)c1. The first-order chi connectivity index (χ1) is 16.7. The molecule has 0 unspecified atom stereocenters. The first-order valence-electron chi connectivity index (χ1n) is 11.0. The van der Waals surface area contributed by atoms with Crippen LogP contribution in [-0.2, 0) is 0 Å². The predicted octanol–water partition coefficient (Wildman–Crippen LogP) is 5.79. The molecule has 0 atom stereocenters. The van der Waals surface area contributed by atoms with Crippen molar-refractivity contribution >= 4 is 28.1 Å². The van der Waals surface area contributed by atoms with Crippen molar-refractivity contribution in [2.75, 3.05) is 0 Å². The number of hydrogen-bond donors (Lipinski definition) is 0. The molecule has 0 fully saturated rings. The Kier molecular flexibility index (Phi) is 4.70. The van der Waals surface area contributed by atoms with E-state index in [4.69, 9.17) is 9.40 Å². The largest absolute Gasteiger partial charge is 0.453 e. The summed E-state index contributed by atoms with van der Waals surface area (Å²) in [6.07, 6.45) is 3.64. The summed E-state index contributed by atoms with van der Waals surface area (Å²) in [7, 11) is 0. The lowest BCUT2D eigenvalue weighted by Crippen LogP contribution is -2.20. The summed E-state index contributed by atoms with van der Waals surface area (Å²) >= 11 is 0. The Hall–Kier alpha value is -4.71. The van der Waals surface area contributed by atoms with E-state index >= 15 is 0 Å². The second-order valence-corrected chi connectivity index (χ2v) is 8.10. The van der Waals surface area contributed by atoms with Gasteiger partial charge < -0.3 is 8.98 Å². The van der Waals surface area contributed by atoms with E-state index in [2.05, 4.69) is 24.2 Å². The smallest absolute Gasteiger partial charge is 0.282 e. The van der Waals surface area contributed by atoms with Gasteiger partial charge in [-0.3, -0.25) is 4.79 Å². The molecule has 3 aromatic carbocycles. The van der Waals surface area contributed by atoms with Crippen LogP contribution >= 0.6 is 0 Å². The maximum absolute atomic E-state index is 13.5. The minimum absolute atomic E-state index is 0.258. The molecule has 0 bridgehead atoms. The highest BCUT2D eigenvalue weighted by atomic mass is 16.3. The first-order valence-corrected chi connectivity index (χ1v) is 11.0. The van der Waals surface area contributed by atoms with Crippen LogP contribution < -0.4 is 5.56 Å². The monoisotopic (exact) mass is 444 g/mol. The van der Waals surface area contributed by atoms with Gasteiger partial charge in [-0.05, 0) is 61.0 Å². The highest BCUT2D eigenvalue weighted by Gasteiger charge is 2.16. The molecule has 3 aromatic heterocycles. The number of aryl methyl sites for hydroxylation is 1. The van der Waals surface area contributed by atoms with Crippen LogP contribution in [0.25, 0.3) is 39.1 Å². The van der Waals surface area contributed by atoms with Crippen molar-refractivity contribution in [1.82, 2.24) is 14.2 Å². The van der Waals surface area contributed by atoms with Crippen molar-refractivity contribution in [3.63, 3.8) is 0 Å². The Morgan fingerprint density at radius 1 is 0.912 bits per heavy atom. The molecule has 0 saturated carbocycles. The van der Waals surface area contributed by atoms with Crippen molar-refractivity contribution in [1.29, 1.82) is 0 Å². The molecule has 34 heavy (non-hydrogen) atoms. The topological polar surface area (TPSA) is 65.3 Å². The number of rotatable bonds is 4. The fourth-order valence-corrected chi connectivity index (χ4v) is 4.11. The van der Waals surface area contributed by atoms with E-state index < -0.39 is 0 Å². The van der Waals surface area contributed by atoms with Crippen molar-refractivity contribution in [2.45, 2.75) is 6.92 Å². The van der Waals surface area contributed by atoms with Gasteiger partial charge in [0.25, 0.3) is 5.56 Å². The van der Waals surface area contributed by atoms with Crippen LogP contribution in [0.4, 0.5) is 0 Å². The lowest BCUT2D eigenvalue weighted by atomic mass is 10.2. The van der Waals surface area contributed by atoms with Gasteiger partial charge in [0.2, 0.25) is 5.82 Å². The molecule has 164 valence electrons. The zero-order valence-electron chi connectivity index (χ0n) is 18.4. The van der Waals surface area contributed by atoms with Gasteiger partial charge in [-0.25, -0.2) is 4.98 Å². The van der Waals surface area contributed by atoms with Crippen LogP contribution in [0, 0.1) is 6.92 Å². The third-order valence-electron chi connectivity index (χ3n) is 5.77. The van der Waals surface area contributed by atoms with Crippen LogP contribution in [0.1, 0.15) is 11.3 Å². The molecule has 0 saturated heterocycles. The molecular formula is C28H20N4O2. The number of nitrogens with zero attached hydrogens (tertiary/aromatic N) is 4. The van der Waals surface area contributed by atoms with Crippen molar-refractivity contribution in [3.8, 4) is 17.3 Å². The lowest BCUT2D eigenvalue weighted by molar-refractivity contribution is 0.616. The molecule has 0 N–H and O–H groups in total. The van der Waals surface area contributed by atoms with Crippen LogP contribution in [-0.4, -0.2) is 20.4 Å². The fraction of sp³-hybridized carbons (Fsp3) is 0.0357. The minimum atomic E-state index is -0.258. The Bertz CT molecular complexity index is 1720. The van der Waals surface area contributed by atoms with Crippen LogP contribution in [0.15, 0.2) is 112 Å². The van der Waals surface area contributed by atoms with Crippen LogP contribution in [0.2, 0.25) is 0 Å². The molecule has 0 amide bonds. The van der Waals surface area contributed by atoms with E-state index in [0.29, 0.717) is 22.5 Å². The van der Waals surface area contributed by atoms with Crippen molar-refractivity contribution in [2.24, 2.45) is 5.10 Å². The van der Waals surface area contributed by atoms with Crippen LogP contribution in [0.3, 0.4) is 0 Å². The summed E-state index contributed by atoms with van der Waals surface area (Å²) in [6, 6.07) is 29.0. The third-order valence-corrected chi connectivity index (χ3v) is 5.77. The molecule has 6 heteroatoms. The molecule has 0 spiro atoms. The molecule has 6 aromatic rings. The van der Waals surface area contributed by atoms with Gasteiger partial charge in [-0.15, -0.1) is 0 Å². The van der Waals surface area contributed by atoms with Gasteiger partial charge in [0.15, 0.2) is 5.76 Å². The van der Waals surface area contributed by atoms with E-state index in [1.807, 2.05) is 83.6 Å². The maximum Gasteiger partial charge on any atom is 0.282 e. The molecule has 0 aliphatic heterocycles. The zero-order chi connectivity index (χ0) is 23.1. The number of aromatic nitrogens is 3.